The van der Waals surface area contributed by atoms with E-state index in [0.717, 1.165) is 41.5 Å². The third-order valence-corrected chi connectivity index (χ3v) is 9.43. The summed E-state index contributed by atoms with van der Waals surface area (Å²) >= 11 is 0. The van der Waals surface area contributed by atoms with Crippen LogP contribution in [0, 0.1) is 0 Å². The van der Waals surface area contributed by atoms with E-state index in [1.807, 2.05) is 0 Å². The molecular formula is C36H26N8O10S2. The fourth-order valence-corrected chi connectivity index (χ4v) is 5.74. The molecule has 0 aliphatic heterocycles. The van der Waals surface area contributed by atoms with Crippen LogP contribution in [-0.4, -0.2) is 36.2 Å². The second-order valence-corrected chi connectivity index (χ2v) is 14.3. The third-order valence-electron chi connectivity index (χ3n) is 7.70. The number of aromatic hydroxyl groups is 2. The predicted octanol–water partition coefficient (Wildman–Crippen LogP) is 5.54. The van der Waals surface area contributed by atoms with Gasteiger partial charge in [0.2, 0.25) is 10.9 Å². The molecule has 0 aliphatic carbocycles. The Morgan fingerprint density at radius 3 is 1.55 bits per heavy atom. The summed E-state index contributed by atoms with van der Waals surface area (Å²) in [6, 6.07) is 28.4. The normalized spacial score (nSPS) is 12.8. The quantitative estimate of drug-likeness (QED) is 0.0536. The van der Waals surface area contributed by atoms with E-state index in [0.29, 0.717) is 17.1 Å². The van der Waals surface area contributed by atoms with Crippen LogP contribution in [0.5, 0.6) is 11.5 Å². The number of benzene rings is 6. The first-order chi connectivity index (χ1) is 26.7. The largest absolute Gasteiger partial charge is 0.505 e. The van der Waals surface area contributed by atoms with Crippen LogP contribution in [0.3, 0.4) is 0 Å². The average molecular weight is 795 g/mol. The number of hydrogen-bond acceptors (Lipinski definition) is 16. The molecule has 0 aromatic heterocycles. The molecule has 0 saturated carbocycles. The lowest BCUT2D eigenvalue weighted by atomic mass is 10.1. The smallest absolute Gasteiger partial charge is 0.294 e. The minimum absolute atomic E-state index is 0.0539. The van der Waals surface area contributed by atoms with E-state index >= 15 is 0 Å². The lowest BCUT2D eigenvalue weighted by Gasteiger charge is -2.05. The van der Waals surface area contributed by atoms with Gasteiger partial charge in [-0.2, -0.15) is 37.3 Å². The zero-order chi connectivity index (χ0) is 40.0. The first-order valence-corrected chi connectivity index (χ1v) is 18.7. The first-order valence-electron chi connectivity index (χ1n) is 15.8. The van der Waals surface area contributed by atoms with Gasteiger partial charge in [0.15, 0.2) is 16.8 Å². The number of phenols is 2. The average Bonchev–Trinajstić information content (AvgIpc) is 3.17. The predicted molar refractivity (Wildman–Crippen MR) is 202 cm³/mol. The van der Waals surface area contributed by atoms with Crippen LogP contribution in [0.1, 0.15) is 0 Å². The molecule has 20 heteroatoms. The van der Waals surface area contributed by atoms with Crippen molar-refractivity contribution >= 4 is 54.4 Å². The van der Waals surface area contributed by atoms with Crippen LogP contribution >= 0.6 is 0 Å². The molecule has 0 bridgehead atoms. The molecule has 0 unspecified atom stereocenters. The molecule has 0 spiro atoms. The highest BCUT2D eigenvalue weighted by atomic mass is 32.2. The maximum absolute atomic E-state index is 12.9. The van der Waals surface area contributed by atoms with Crippen molar-refractivity contribution in [1.29, 1.82) is 0 Å². The van der Waals surface area contributed by atoms with Crippen molar-refractivity contribution in [3.63, 3.8) is 0 Å². The van der Waals surface area contributed by atoms with E-state index in [1.54, 1.807) is 48.5 Å². The Morgan fingerprint density at radius 2 is 0.982 bits per heavy atom. The van der Waals surface area contributed by atoms with Gasteiger partial charge >= 0.3 is 0 Å². The Kier molecular flexibility index (Phi) is 11.0. The highest BCUT2D eigenvalue weighted by molar-refractivity contribution is 7.86. The van der Waals surface area contributed by atoms with Crippen LogP contribution < -0.4 is 32.4 Å². The Hall–Kier alpha value is -7.26. The molecule has 56 heavy (non-hydrogen) atoms. The van der Waals surface area contributed by atoms with Gasteiger partial charge in [0, 0.05) is 0 Å². The Bertz CT molecular complexity index is 2950. The molecule has 0 amide bonds. The van der Waals surface area contributed by atoms with Crippen LogP contribution in [-0.2, 0) is 20.2 Å². The number of nitrogens with zero attached hydrogens (tertiary/aromatic N) is 6. The number of nitrogens with one attached hydrogen (secondary N) is 2. The minimum atomic E-state index is -4.38. The Labute approximate surface area is 316 Å². The second-order valence-electron chi connectivity index (χ2n) is 11.5. The Balaban J connectivity index is 1.12. The number of hydrogen-bond donors (Lipinski definition) is 6. The second kappa shape index (κ2) is 16.0. The van der Waals surface area contributed by atoms with E-state index in [1.165, 1.54) is 42.5 Å². The van der Waals surface area contributed by atoms with Crippen LogP contribution in [0.2, 0.25) is 0 Å². The molecule has 0 saturated heterocycles. The summed E-state index contributed by atoms with van der Waals surface area (Å²) in [7, 11) is -8.75. The lowest BCUT2D eigenvalue weighted by Crippen LogP contribution is -2.47. The molecule has 0 heterocycles. The monoisotopic (exact) mass is 794 g/mol. The van der Waals surface area contributed by atoms with Crippen LogP contribution in [0.25, 0.3) is 11.1 Å². The number of azo groups is 2. The van der Waals surface area contributed by atoms with Crippen LogP contribution in [0.4, 0.5) is 34.1 Å². The SMILES string of the molecule is O=c1ccc(=NNc2ccc(S(=O)(=O)O)cc2)c(=O)c1=NNc1ccc(-c2ccc(N=Nc3c(O)ccc(N=Nc4ccc(S(=O)(=O)O)cc4)c3O)cc2)cc1. The third kappa shape index (κ3) is 9.26. The molecule has 6 aromatic rings. The molecule has 6 N–H and O–H groups in total. The molecule has 6 rings (SSSR count). The zero-order valence-corrected chi connectivity index (χ0v) is 29.9. The van der Waals surface area contributed by atoms with Gasteiger partial charge in [-0.1, -0.05) is 24.3 Å². The van der Waals surface area contributed by atoms with Gasteiger partial charge < -0.3 is 10.2 Å². The number of rotatable bonds is 11. The molecule has 0 fully saturated rings. The molecule has 0 aliphatic rings. The minimum Gasteiger partial charge on any atom is -0.505 e. The standard InChI is InChI=1S/C36H26N8O10S2/c45-31-19-17-29(41-37-25-9-13-27(14-10-25)55(49,50)51)35(47)33(31)43-39-23-5-1-21(2-6-23)22-3-7-24(8-4-22)40-44-34-32(46)20-18-30(36(34)48)42-38-26-11-15-28(16-12-26)56(52,53)54/h1-20,37,39,46,48H,(H,49,50,51)(H,52,53,54). The summed E-state index contributed by atoms with van der Waals surface area (Å²) in [5.74, 6) is -0.882. The maximum atomic E-state index is 12.9. The topological polar surface area (TPSA) is 282 Å². The van der Waals surface area contributed by atoms with Crippen molar-refractivity contribution in [3.8, 4) is 22.6 Å². The van der Waals surface area contributed by atoms with Gasteiger partial charge in [0.25, 0.3) is 20.2 Å². The van der Waals surface area contributed by atoms with Gasteiger partial charge in [-0.05, 0) is 108 Å². The van der Waals surface area contributed by atoms with E-state index in [2.05, 4.69) is 41.5 Å². The summed E-state index contributed by atoms with van der Waals surface area (Å²) in [5.41, 5.74) is 6.55. The molecule has 6 aromatic carbocycles. The summed E-state index contributed by atoms with van der Waals surface area (Å²) in [6.07, 6.45) is 0. The van der Waals surface area contributed by atoms with Crippen LogP contribution in [0.15, 0.2) is 171 Å². The van der Waals surface area contributed by atoms with E-state index in [-0.39, 0.29) is 38.0 Å². The number of phenolic OH excluding ortho intramolecular Hbond substituents is 2. The summed E-state index contributed by atoms with van der Waals surface area (Å²) < 4.78 is 63.1. The van der Waals surface area contributed by atoms with Crippen molar-refractivity contribution in [2.24, 2.45) is 30.7 Å². The zero-order valence-electron chi connectivity index (χ0n) is 28.3. The van der Waals surface area contributed by atoms with Gasteiger partial charge in [0.1, 0.15) is 16.8 Å². The molecule has 282 valence electrons. The van der Waals surface area contributed by atoms with Crippen molar-refractivity contribution in [2.75, 3.05) is 10.9 Å². The van der Waals surface area contributed by atoms with Gasteiger partial charge in [-0.25, -0.2) is 0 Å². The van der Waals surface area contributed by atoms with Gasteiger partial charge in [-0.15, -0.1) is 10.2 Å². The first kappa shape index (κ1) is 38.5. The highest BCUT2D eigenvalue weighted by Crippen LogP contribution is 2.44. The van der Waals surface area contributed by atoms with Gasteiger partial charge in [0.05, 0.1) is 32.5 Å². The fourth-order valence-electron chi connectivity index (χ4n) is 4.78. The van der Waals surface area contributed by atoms with E-state index in [4.69, 9.17) is 9.11 Å². The van der Waals surface area contributed by atoms with E-state index < -0.39 is 42.2 Å². The summed E-state index contributed by atoms with van der Waals surface area (Å²) in [4.78, 5) is 24.7. The van der Waals surface area contributed by atoms with Crippen molar-refractivity contribution < 1.29 is 36.2 Å². The lowest BCUT2D eigenvalue weighted by molar-refractivity contribution is 0.453. The summed E-state index contributed by atoms with van der Waals surface area (Å²) in [5, 5.41) is 44.3. The van der Waals surface area contributed by atoms with Crippen molar-refractivity contribution in [1.82, 2.24) is 0 Å². The Morgan fingerprint density at radius 1 is 0.500 bits per heavy atom. The molecular weight excluding hydrogens is 769 g/mol. The highest BCUT2D eigenvalue weighted by Gasteiger charge is 2.13. The van der Waals surface area contributed by atoms with Gasteiger partial charge in [-0.3, -0.25) is 29.5 Å². The maximum Gasteiger partial charge on any atom is 0.294 e. The summed E-state index contributed by atoms with van der Waals surface area (Å²) in [6.45, 7) is 0. The molecule has 0 radical (unpaired) electrons. The molecule has 18 nitrogen and oxygen atoms in total. The van der Waals surface area contributed by atoms with E-state index in [9.17, 15) is 36.6 Å². The van der Waals surface area contributed by atoms with Crippen molar-refractivity contribution in [2.45, 2.75) is 9.79 Å². The van der Waals surface area contributed by atoms with Crippen molar-refractivity contribution in [3.05, 3.63) is 152 Å². The fraction of sp³-hybridized carbons (Fsp3) is 0. The number of anilines is 2. The molecule has 0 atom stereocenters.